The number of carbonyl (C=O) groups is 1. The number of benzene rings is 3. The van der Waals surface area contributed by atoms with E-state index in [1.54, 1.807) is 12.1 Å². The van der Waals surface area contributed by atoms with Gasteiger partial charge in [-0.2, -0.15) is 0 Å². The van der Waals surface area contributed by atoms with E-state index in [4.69, 9.17) is 4.74 Å². The van der Waals surface area contributed by atoms with Gasteiger partial charge < -0.3 is 10.1 Å². The summed E-state index contributed by atoms with van der Waals surface area (Å²) in [5, 5.41) is 13.3. The van der Waals surface area contributed by atoms with Crippen LogP contribution in [0.15, 0.2) is 78.9 Å². The molecule has 0 aliphatic heterocycles. The standard InChI is InChI=1S/C22H17N3O2/c1-15(26)23-17-10-7-11-18(14-17)27-22-20-13-6-5-12-19(20)21(24-25-22)16-8-3-2-4-9-16/h2-14H,1H3,(H,23,26). The van der Waals surface area contributed by atoms with Crippen LogP contribution in [0.2, 0.25) is 0 Å². The topological polar surface area (TPSA) is 64.1 Å². The lowest BCUT2D eigenvalue weighted by molar-refractivity contribution is -0.114. The van der Waals surface area contributed by atoms with Gasteiger partial charge in [0, 0.05) is 35.0 Å². The highest BCUT2D eigenvalue weighted by atomic mass is 16.5. The second kappa shape index (κ2) is 7.25. The van der Waals surface area contributed by atoms with Crippen LogP contribution in [0, 0.1) is 0 Å². The van der Waals surface area contributed by atoms with Crippen LogP contribution in [-0.4, -0.2) is 16.1 Å². The lowest BCUT2D eigenvalue weighted by Gasteiger charge is -2.11. The Labute approximate surface area is 156 Å². The molecule has 1 aromatic heterocycles. The number of nitrogens with one attached hydrogen (secondary N) is 1. The third-order valence-corrected chi connectivity index (χ3v) is 4.07. The van der Waals surface area contributed by atoms with Crippen molar-refractivity contribution < 1.29 is 9.53 Å². The zero-order valence-corrected chi connectivity index (χ0v) is 14.7. The van der Waals surface area contributed by atoms with Crippen LogP contribution in [0.3, 0.4) is 0 Å². The number of rotatable bonds is 4. The van der Waals surface area contributed by atoms with E-state index < -0.39 is 0 Å². The molecule has 4 rings (SSSR count). The number of amides is 1. The van der Waals surface area contributed by atoms with Crippen LogP contribution in [0.5, 0.6) is 11.6 Å². The molecule has 5 nitrogen and oxygen atoms in total. The number of fused-ring (bicyclic) bond motifs is 1. The normalized spacial score (nSPS) is 10.6. The van der Waals surface area contributed by atoms with Crippen LogP contribution in [-0.2, 0) is 4.79 Å². The Hall–Kier alpha value is -3.73. The maximum absolute atomic E-state index is 11.3. The first kappa shape index (κ1) is 16.7. The summed E-state index contributed by atoms with van der Waals surface area (Å²) >= 11 is 0. The van der Waals surface area contributed by atoms with Crippen molar-refractivity contribution in [1.29, 1.82) is 0 Å². The van der Waals surface area contributed by atoms with Gasteiger partial charge in [-0.05, 0) is 18.2 Å². The maximum Gasteiger partial charge on any atom is 0.246 e. The molecular weight excluding hydrogens is 338 g/mol. The lowest BCUT2D eigenvalue weighted by atomic mass is 10.1. The van der Waals surface area contributed by atoms with Crippen LogP contribution in [0.25, 0.3) is 22.0 Å². The van der Waals surface area contributed by atoms with Gasteiger partial charge in [0.15, 0.2) is 0 Å². The summed E-state index contributed by atoms with van der Waals surface area (Å²) < 4.78 is 5.98. The van der Waals surface area contributed by atoms with Crippen LogP contribution < -0.4 is 10.1 Å². The van der Waals surface area contributed by atoms with E-state index in [-0.39, 0.29) is 5.91 Å². The van der Waals surface area contributed by atoms with Gasteiger partial charge in [0.05, 0.1) is 0 Å². The summed E-state index contributed by atoms with van der Waals surface area (Å²) in [6.07, 6.45) is 0. The van der Waals surface area contributed by atoms with Crippen LogP contribution in [0.1, 0.15) is 6.92 Å². The van der Waals surface area contributed by atoms with E-state index >= 15 is 0 Å². The summed E-state index contributed by atoms with van der Waals surface area (Å²) in [6.45, 7) is 1.47. The van der Waals surface area contributed by atoms with Crippen molar-refractivity contribution in [2.75, 3.05) is 5.32 Å². The number of ether oxygens (including phenoxy) is 1. The fourth-order valence-electron chi connectivity index (χ4n) is 2.92. The molecule has 1 heterocycles. The Morgan fingerprint density at radius 1 is 0.852 bits per heavy atom. The van der Waals surface area contributed by atoms with Gasteiger partial charge in [-0.25, -0.2) is 0 Å². The molecule has 0 unspecified atom stereocenters. The molecule has 3 aromatic carbocycles. The minimum atomic E-state index is -0.135. The van der Waals surface area contributed by atoms with Crippen molar-refractivity contribution in [2.24, 2.45) is 0 Å². The Morgan fingerprint density at radius 3 is 2.37 bits per heavy atom. The zero-order valence-electron chi connectivity index (χ0n) is 14.7. The quantitative estimate of drug-likeness (QED) is 0.556. The number of anilines is 1. The lowest BCUT2D eigenvalue weighted by Crippen LogP contribution is -2.05. The van der Waals surface area contributed by atoms with Gasteiger partial charge in [-0.1, -0.05) is 54.6 Å². The Bertz CT molecular complexity index is 1110. The Kier molecular flexibility index (Phi) is 4.49. The minimum Gasteiger partial charge on any atom is -0.437 e. The smallest absolute Gasteiger partial charge is 0.246 e. The summed E-state index contributed by atoms with van der Waals surface area (Å²) in [6, 6.07) is 25.0. The van der Waals surface area contributed by atoms with E-state index in [0.29, 0.717) is 17.3 Å². The molecule has 1 N–H and O–H groups in total. The molecule has 132 valence electrons. The second-order valence-corrected chi connectivity index (χ2v) is 6.08. The summed E-state index contributed by atoms with van der Waals surface area (Å²) in [4.78, 5) is 11.3. The predicted octanol–water partition coefficient (Wildman–Crippen LogP) is 5.05. The fraction of sp³-hybridized carbons (Fsp3) is 0.0455. The highest BCUT2D eigenvalue weighted by Crippen LogP contribution is 2.33. The SMILES string of the molecule is CC(=O)Nc1cccc(Oc2nnc(-c3ccccc3)c3ccccc23)c1. The van der Waals surface area contributed by atoms with Gasteiger partial charge in [0.2, 0.25) is 11.8 Å². The molecule has 0 saturated carbocycles. The molecule has 0 saturated heterocycles. The molecule has 0 bridgehead atoms. The van der Waals surface area contributed by atoms with Crippen molar-refractivity contribution >= 4 is 22.4 Å². The summed E-state index contributed by atoms with van der Waals surface area (Å²) in [7, 11) is 0. The van der Waals surface area contributed by atoms with Gasteiger partial charge in [-0.3, -0.25) is 4.79 Å². The molecule has 27 heavy (non-hydrogen) atoms. The number of aromatic nitrogens is 2. The Balaban J connectivity index is 1.75. The predicted molar refractivity (Wildman–Crippen MR) is 106 cm³/mol. The second-order valence-electron chi connectivity index (χ2n) is 6.08. The molecule has 1 amide bonds. The van der Waals surface area contributed by atoms with Gasteiger partial charge >= 0.3 is 0 Å². The zero-order chi connectivity index (χ0) is 18.6. The maximum atomic E-state index is 11.3. The highest BCUT2D eigenvalue weighted by Gasteiger charge is 2.12. The minimum absolute atomic E-state index is 0.135. The van der Waals surface area contributed by atoms with Gasteiger partial charge in [-0.15, -0.1) is 10.2 Å². The van der Waals surface area contributed by atoms with Crippen molar-refractivity contribution in [3.63, 3.8) is 0 Å². The molecule has 0 fully saturated rings. The average Bonchev–Trinajstić information content (AvgIpc) is 2.69. The van der Waals surface area contributed by atoms with Gasteiger partial charge in [0.1, 0.15) is 11.4 Å². The first-order valence-electron chi connectivity index (χ1n) is 8.57. The van der Waals surface area contributed by atoms with Crippen molar-refractivity contribution in [1.82, 2.24) is 10.2 Å². The fourth-order valence-corrected chi connectivity index (χ4v) is 2.92. The Morgan fingerprint density at radius 2 is 1.59 bits per heavy atom. The molecular formula is C22H17N3O2. The summed E-state index contributed by atoms with van der Waals surface area (Å²) in [5.74, 6) is 0.864. The molecule has 0 radical (unpaired) electrons. The number of nitrogens with zero attached hydrogens (tertiary/aromatic N) is 2. The molecule has 0 atom stereocenters. The monoisotopic (exact) mass is 355 g/mol. The first-order valence-corrected chi connectivity index (χ1v) is 8.57. The van der Waals surface area contributed by atoms with Crippen molar-refractivity contribution in [2.45, 2.75) is 6.92 Å². The van der Waals surface area contributed by atoms with Crippen LogP contribution in [0.4, 0.5) is 5.69 Å². The third-order valence-electron chi connectivity index (χ3n) is 4.07. The summed E-state index contributed by atoms with van der Waals surface area (Å²) in [5.41, 5.74) is 2.48. The average molecular weight is 355 g/mol. The van der Waals surface area contributed by atoms with E-state index in [2.05, 4.69) is 15.5 Å². The number of carbonyl (C=O) groups excluding carboxylic acids is 1. The molecule has 0 spiro atoms. The van der Waals surface area contributed by atoms with E-state index in [9.17, 15) is 4.79 Å². The molecule has 0 aliphatic carbocycles. The van der Waals surface area contributed by atoms with E-state index in [1.807, 2.05) is 66.7 Å². The van der Waals surface area contributed by atoms with Crippen molar-refractivity contribution in [3.8, 4) is 22.9 Å². The van der Waals surface area contributed by atoms with Gasteiger partial charge in [0.25, 0.3) is 0 Å². The molecule has 4 aromatic rings. The number of hydrogen-bond acceptors (Lipinski definition) is 4. The molecule has 0 aliphatic rings. The van der Waals surface area contributed by atoms with Crippen molar-refractivity contribution in [3.05, 3.63) is 78.9 Å². The van der Waals surface area contributed by atoms with E-state index in [1.165, 1.54) is 6.92 Å². The van der Waals surface area contributed by atoms with Crippen LogP contribution >= 0.6 is 0 Å². The largest absolute Gasteiger partial charge is 0.437 e. The number of hydrogen-bond donors (Lipinski definition) is 1. The molecule has 5 heteroatoms. The first-order chi connectivity index (χ1) is 13.2. The third kappa shape index (κ3) is 3.62. The highest BCUT2D eigenvalue weighted by molar-refractivity contribution is 5.97. The van der Waals surface area contributed by atoms with E-state index in [0.717, 1.165) is 22.0 Å².